The summed E-state index contributed by atoms with van der Waals surface area (Å²) in [6.07, 6.45) is 2.72. The fraction of sp³-hybridized carbons (Fsp3) is 0.235. The Morgan fingerprint density at radius 1 is 0.905 bits per heavy atom. The van der Waals surface area contributed by atoms with Gasteiger partial charge in [-0.1, -0.05) is 47.5 Å². The monoisotopic (exact) mass is 322 g/mol. The van der Waals surface area contributed by atoms with Crippen LogP contribution in [-0.2, 0) is 11.2 Å². The maximum absolute atomic E-state index is 10.4. The molecule has 0 radical (unpaired) electrons. The maximum Gasteiger partial charge on any atom is 0.303 e. The molecule has 0 fully saturated rings. The Labute approximate surface area is 134 Å². The molecule has 2 aromatic rings. The number of rotatable bonds is 6. The van der Waals surface area contributed by atoms with Gasteiger partial charge in [0.15, 0.2) is 0 Å². The first-order valence-corrected chi connectivity index (χ1v) is 7.57. The van der Waals surface area contributed by atoms with Gasteiger partial charge in [-0.3, -0.25) is 4.79 Å². The van der Waals surface area contributed by atoms with Crippen LogP contribution in [0.25, 0.3) is 11.1 Å². The van der Waals surface area contributed by atoms with E-state index in [1.165, 1.54) is 5.56 Å². The largest absolute Gasteiger partial charge is 0.481 e. The van der Waals surface area contributed by atoms with Crippen LogP contribution in [-0.4, -0.2) is 11.1 Å². The first-order valence-electron chi connectivity index (χ1n) is 6.82. The number of hydrogen-bond acceptors (Lipinski definition) is 1. The number of carboxylic acids is 1. The number of aliphatic carboxylic acids is 1. The minimum atomic E-state index is -0.733. The first kappa shape index (κ1) is 15.9. The van der Waals surface area contributed by atoms with Crippen molar-refractivity contribution in [3.63, 3.8) is 0 Å². The van der Waals surface area contributed by atoms with Gasteiger partial charge in [-0.15, -0.1) is 0 Å². The highest BCUT2D eigenvalue weighted by Crippen LogP contribution is 2.27. The third kappa shape index (κ3) is 5.07. The van der Waals surface area contributed by atoms with Gasteiger partial charge < -0.3 is 5.11 Å². The summed E-state index contributed by atoms with van der Waals surface area (Å²) >= 11 is 12.0. The zero-order chi connectivity index (χ0) is 15.2. The van der Waals surface area contributed by atoms with E-state index in [9.17, 15) is 4.79 Å². The predicted molar refractivity (Wildman–Crippen MR) is 87.1 cm³/mol. The lowest BCUT2D eigenvalue weighted by atomic mass is 10.0. The minimum absolute atomic E-state index is 0.235. The molecule has 2 aromatic carbocycles. The lowest BCUT2D eigenvalue weighted by Gasteiger charge is -2.06. The van der Waals surface area contributed by atoms with Gasteiger partial charge in [0, 0.05) is 16.5 Å². The Morgan fingerprint density at radius 2 is 1.52 bits per heavy atom. The molecule has 0 bridgehead atoms. The molecule has 4 heteroatoms. The lowest BCUT2D eigenvalue weighted by Crippen LogP contribution is -1.94. The van der Waals surface area contributed by atoms with Crippen LogP contribution >= 0.6 is 23.2 Å². The summed E-state index contributed by atoms with van der Waals surface area (Å²) in [4.78, 5) is 10.4. The molecule has 21 heavy (non-hydrogen) atoms. The number of carboxylic acid groups (broad SMARTS) is 1. The highest BCUT2D eigenvalue weighted by Gasteiger charge is 2.02. The Bertz CT molecular complexity index is 601. The van der Waals surface area contributed by atoms with E-state index in [0.29, 0.717) is 16.5 Å². The van der Waals surface area contributed by atoms with Crippen molar-refractivity contribution in [3.05, 3.63) is 58.1 Å². The molecular formula is C17H16Cl2O2. The summed E-state index contributed by atoms with van der Waals surface area (Å²) < 4.78 is 0. The molecule has 2 nitrogen and oxygen atoms in total. The summed E-state index contributed by atoms with van der Waals surface area (Å²) in [5, 5.41) is 9.84. The zero-order valence-corrected chi connectivity index (χ0v) is 13.0. The number of unbranched alkanes of at least 4 members (excludes halogenated alkanes) is 1. The topological polar surface area (TPSA) is 37.3 Å². The Balaban J connectivity index is 2.00. The van der Waals surface area contributed by atoms with Crippen LogP contribution in [0.3, 0.4) is 0 Å². The fourth-order valence-corrected chi connectivity index (χ4v) is 2.72. The van der Waals surface area contributed by atoms with Crippen LogP contribution in [0, 0.1) is 0 Å². The van der Waals surface area contributed by atoms with Crippen molar-refractivity contribution in [2.24, 2.45) is 0 Å². The summed E-state index contributed by atoms with van der Waals surface area (Å²) in [5.74, 6) is -0.733. The van der Waals surface area contributed by atoms with Gasteiger partial charge in [-0.25, -0.2) is 0 Å². The smallest absolute Gasteiger partial charge is 0.303 e. The second-order valence-corrected chi connectivity index (χ2v) is 5.83. The molecule has 0 atom stereocenters. The van der Waals surface area contributed by atoms with Gasteiger partial charge in [0.2, 0.25) is 0 Å². The van der Waals surface area contributed by atoms with Crippen LogP contribution < -0.4 is 0 Å². The molecule has 0 spiro atoms. The van der Waals surface area contributed by atoms with Crippen molar-refractivity contribution in [1.29, 1.82) is 0 Å². The average Bonchev–Trinajstić information content (AvgIpc) is 2.43. The molecule has 0 amide bonds. The second kappa shape index (κ2) is 7.48. The molecular weight excluding hydrogens is 307 g/mol. The first-order chi connectivity index (χ1) is 10.0. The Morgan fingerprint density at radius 3 is 2.10 bits per heavy atom. The van der Waals surface area contributed by atoms with E-state index >= 15 is 0 Å². The van der Waals surface area contributed by atoms with Crippen molar-refractivity contribution in [2.75, 3.05) is 0 Å². The summed E-state index contributed by atoms with van der Waals surface area (Å²) in [7, 11) is 0. The van der Waals surface area contributed by atoms with Crippen molar-refractivity contribution >= 4 is 29.2 Å². The predicted octanol–water partition coefficient (Wildman–Crippen LogP) is 5.46. The van der Waals surface area contributed by atoms with E-state index in [-0.39, 0.29) is 6.42 Å². The highest BCUT2D eigenvalue weighted by molar-refractivity contribution is 6.35. The van der Waals surface area contributed by atoms with Gasteiger partial charge in [0.05, 0.1) is 0 Å². The van der Waals surface area contributed by atoms with Crippen molar-refractivity contribution in [3.8, 4) is 11.1 Å². The second-order valence-electron chi connectivity index (χ2n) is 4.96. The molecule has 0 aliphatic carbocycles. The Hall–Kier alpha value is -1.51. The molecule has 1 N–H and O–H groups in total. The van der Waals surface area contributed by atoms with E-state index in [2.05, 4.69) is 12.1 Å². The van der Waals surface area contributed by atoms with E-state index in [1.54, 1.807) is 6.07 Å². The number of halogens is 2. The fourth-order valence-electron chi connectivity index (χ4n) is 2.19. The number of carbonyl (C=O) groups is 1. The molecule has 0 saturated heterocycles. The van der Waals surface area contributed by atoms with Gasteiger partial charge in [0.1, 0.15) is 0 Å². The quantitative estimate of drug-likeness (QED) is 0.717. The van der Waals surface area contributed by atoms with Gasteiger partial charge in [-0.2, -0.15) is 0 Å². The van der Waals surface area contributed by atoms with Crippen LogP contribution in [0.1, 0.15) is 24.8 Å². The lowest BCUT2D eigenvalue weighted by molar-refractivity contribution is -0.137. The van der Waals surface area contributed by atoms with Crippen LogP contribution in [0.5, 0.6) is 0 Å². The number of benzene rings is 2. The highest BCUT2D eigenvalue weighted by atomic mass is 35.5. The molecule has 0 aromatic heterocycles. The molecule has 2 rings (SSSR count). The molecule has 0 aliphatic rings. The number of aryl methyl sites for hydroxylation is 1. The normalized spacial score (nSPS) is 10.6. The van der Waals surface area contributed by atoms with Crippen LogP contribution in [0.2, 0.25) is 10.0 Å². The van der Waals surface area contributed by atoms with E-state index in [4.69, 9.17) is 28.3 Å². The van der Waals surface area contributed by atoms with Crippen molar-refractivity contribution in [1.82, 2.24) is 0 Å². The van der Waals surface area contributed by atoms with E-state index < -0.39 is 5.97 Å². The third-order valence-corrected chi connectivity index (χ3v) is 3.69. The van der Waals surface area contributed by atoms with Crippen molar-refractivity contribution in [2.45, 2.75) is 25.7 Å². The molecule has 0 aliphatic heterocycles. The summed E-state index contributed by atoms with van der Waals surface area (Å²) in [6.45, 7) is 0. The molecule has 110 valence electrons. The van der Waals surface area contributed by atoms with Gasteiger partial charge >= 0.3 is 5.97 Å². The van der Waals surface area contributed by atoms with Crippen LogP contribution in [0.4, 0.5) is 0 Å². The standard InChI is InChI=1S/C17H16Cl2O2/c18-15-9-14(10-16(19)11-15)13-7-5-12(6-8-13)3-1-2-4-17(20)21/h5-11H,1-4H2,(H,20,21). The molecule has 0 heterocycles. The molecule has 0 saturated carbocycles. The maximum atomic E-state index is 10.4. The summed E-state index contributed by atoms with van der Waals surface area (Å²) in [6, 6.07) is 13.7. The Kier molecular flexibility index (Phi) is 5.66. The summed E-state index contributed by atoms with van der Waals surface area (Å²) in [5.41, 5.74) is 3.26. The van der Waals surface area contributed by atoms with Crippen LogP contribution in [0.15, 0.2) is 42.5 Å². The average molecular weight is 323 g/mol. The van der Waals surface area contributed by atoms with Crippen molar-refractivity contribution < 1.29 is 9.90 Å². The van der Waals surface area contributed by atoms with E-state index in [1.807, 2.05) is 24.3 Å². The number of hydrogen-bond donors (Lipinski definition) is 1. The third-order valence-electron chi connectivity index (χ3n) is 3.26. The minimum Gasteiger partial charge on any atom is -0.481 e. The molecule has 0 unspecified atom stereocenters. The van der Waals surface area contributed by atoms with Gasteiger partial charge in [-0.05, 0) is 54.2 Å². The van der Waals surface area contributed by atoms with Gasteiger partial charge in [0.25, 0.3) is 0 Å². The van der Waals surface area contributed by atoms with E-state index in [0.717, 1.165) is 24.0 Å². The SMILES string of the molecule is O=C(O)CCCCc1ccc(-c2cc(Cl)cc(Cl)c2)cc1. The zero-order valence-electron chi connectivity index (χ0n) is 11.5.